The van der Waals surface area contributed by atoms with E-state index in [0.29, 0.717) is 17.5 Å². The Bertz CT molecular complexity index is 1010. The van der Waals surface area contributed by atoms with Crippen LogP contribution in [0.25, 0.3) is 11.4 Å². The molecule has 0 fully saturated rings. The number of rotatable bonds is 6. The van der Waals surface area contributed by atoms with Gasteiger partial charge >= 0.3 is 0 Å². The van der Waals surface area contributed by atoms with Crippen molar-refractivity contribution in [3.05, 3.63) is 60.0 Å². The minimum absolute atomic E-state index is 0.236. The van der Waals surface area contributed by atoms with Crippen LogP contribution in [0.5, 0.6) is 5.75 Å². The molecular weight excluding hydrogens is 354 g/mol. The molecule has 3 aromatic rings. The monoisotopic (exact) mass is 373 g/mol. The second-order valence-corrected chi connectivity index (χ2v) is 8.04. The maximum absolute atomic E-state index is 12.2. The minimum Gasteiger partial charge on any atom is -0.489 e. The van der Waals surface area contributed by atoms with Crippen LogP contribution in [0.2, 0.25) is 0 Å². The summed E-state index contributed by atoms with van der Waals surface area (Å²) in [5.74, 6) is 1.61. The molecule has 2 aromatic carbocycles. The lowest BCUT2D eigenvalue weighted by Gasteiger charge is -2.13. The molecule has 8 heteroatoms. The van der Waals surface area contributed by atoms with Crippen molar-refractivity contribution in [1.82, 2.24) is 14.4 Å². The van der Waals surface area contributed by atoms with Gasteiger partial charge in [-0.2, -0.15) is 4.98 Å². The Morgan fingerprint density at radius 3 is 2.58 bits per heavy atom. The Morgan fingerprint density at radius 1 is 1.12 bits per heavy atom. The molecule has 0 atom stereocenters. The zero-order chi connectivity index (χ0) is 18.7. The van der Waals surface area contributed by atoms with Crippen molar-refractivity contribution in [2.45, 2.75) is 18.4 Å². The molecule has 1 heterocycles. The number of sulfonamides is 1. The summed E-state index contributed by atoms with van der Waals surface area (Å²) in [5.41, 5.74) is 1.54. The number of aryl methyl sites for hydroxylation is 1. The third-order valence-corrected chi connectivity index (χ3v) is 5.51. The largest absolute Gasteiger partial charge is 0.489 e. The summed E-state index contributed by atoms with van der Waals surface area (Å²) in [6.07, 6.45) is 0. The number of aromatic nitrogens is 2. The Labute approximate surface area is 152 Å². The van der Waals surface area contributed by atoms with Gasteiger partial charge in [0.25, 0.3) is 0 Å². The fourth-order valence-corrected chi connectivity index (χ4v) is 3.29. The molecule has 0 amide bonds. The van der Waals surface area contributed by atoms with Gasteiger partial charge in [-0.3, -0.25) is 0 Å². The molecular formula is C18H19N3O4S. The molecule has 136 valence electrons. The van der Waals surface area contributed by atoms with Gasteiger partial charge in [-0.05, 0) is 29.8 Å². The maximum atomic E-state index is 12.2. The van der Waals surface area contributed by atoms with E-state index in [9.17, 15) is 8.42 Å². The first-order valence-corrected chi connectivity index (χ1v) is 9.35. The van der Waals surface area contributed by atoms with Gasteiger partial charge in [0.1, 0.15) is 12.4 Å². The molecule has 0 aliphatic carbocycles. The van der Waals surface area contributed by atoms with Crippen molar-refractivity contribution in [2.24, 2.45) is 0 Å². The molecule has 0 saturated carbocycles. The molecule has 0 N–H and O–H groups in total. The molecule has 0 spiro atoms. The normalized spacial score (nSPS) is 11.7. The Hall–Kier alpha value is -2.71. The summed E-state index contributed by atoms with van der Waals surface area (Å²) < 4.78 is 36.4. The molecule has 1 aromatic heterocycles. The van der Waals surface area contributed by atoms with Crippen LogP contribution in [-0.4, -0.2) is 37.0 Å². The molecule has 0 radical (unpaired) electrons. The summed E-state index contributed by atoms with van der Waals surface area (Å²) in [7, 11) is -0.465. The molecule has 0 unspecified atom stereocenters. The molecule has 0 saturated heterocycles. The van der Waals surface area contributed by atoms with E-state index in [-0.39, 0.29) is 11.5 Å². The molecule has 7 nitrogen and oxygen atoms in total. The third-order valence-electron chi connectivity index (χ3n) is 3.70. The summed E-state index contributed by atoms with van der Waals surface area (Å²) >= 11 is 0. The van der Waals surface area contributed by atoms with Gasteiger partial charge in [0.05, 0.1) is 4.90 Å². The van der Waals surface area contributed by atoms with Crippen LogP contribution in [0.3, 0.4) is 0 Å². The quantitative estimate of drug-likeness (QED) is 0.660. The Balaban J connectivity index is 1.76. The van der Waals surface area contributed by atoms with Gasteiger partial charge in [-0.15, -0.1) is 0 Å². The van der Waals surface area contributed by atoms with Gasteiger partial charge in [0.15, 0.2) is 0 Å². The Morgan fingerprint density at radius 2 is 1.88 bits per heavy atom. The van der Waals surface area contributed by atoms with E-state index in [1.54, 1.807) is 25.1 Å². The first-order valence-electron chi connectivity index (χ1n) is 7.91. The van der Waals surface area contributed by atoms with Crippen LogP contribution in [-0.2, 0) is 16.6 Å². The SMILES string of the molecule is Cc1nc(-c2cccc(OCc3cccc(S(=O)(=O)N(C)C)c3)c2)no1. The number of benzene rings is 2. The summed E-state index contributed by atoms with van der Waals surface area (Å²) in [5, 5.41) is 3.89. The standard InChI is InChI=1S/C18H19N3O4S/c1-13-19-18(20-25-13)15-7-5-8-16(11-15)24-12-14-6-4-9-17(10-14)26(22,23)21(2)3/h4-11H,12H2,1-3H3. The zero-order valence-electron chi connectivity index (χ0n) is 14.7. The van der Waals surface area contributed by atoms with Crippen LogP contribution in [0.4, 0.5) is 0 Å². The van der Waals surface area contributed by atoms with E-state index in [4.69, 9.17) is 9.26 Å². The second kappa shape index (κ2) is 7.27. The summed E-state index contributed by atoms with van der Waals surface area (Å²) in [6.45, 7) is 1.97. The third kappa shape index (κ3) is 3.92. The molecule has 0 aliphatic heterocycles. The van der Waals surface area contributed by atoms with E-state index >= 15 is 0 Å². The lowest BCUT2D eigenvalue weighted by Crippen LogP contribution is -2.22. The van der Waals surface area contributed by atoms with Crippen LogP contribution in [0.1, 0.15) is 11.5 Å². The van der Waals surface area contributed by atoms with E-state index in [2.05, 4.69) is 10.1 Å². The van der Waals surface area contributed by atoms with Crippen molar-refractivity contribution >= 4 is 10.0 Å². The van der Waals surface area contributed by atoms with Crippen LogP contribution < -0.4 is 4.74 Å². The van der Waals surface area contributed by atoms with E-state index in [1.165, 1.54) is 18.4 Å². The van der Waals surface area contributed by atoms with Crippen LogP contribution >= 0.6 is 0 Å². The van der Waals surface area contributed by atoms with Gasteiger partial charge < -0.3 is 9.26 Å². The first-order chi connectivity index (χ1) is 12.4. The van der Waals surface area contributed by atoms with E-state index < -0.39 is 10.0 Å². The molecule has 0 aliphatic rings. The van der Waals surface area contributed by atoms with Crippen LogP contribution in [0, 0.1) is 6.92 Å². The number of hydrogen-bond donors (Lipinski definition) is 0. The predicted octanol–water partition coefficient (Wildman–Crippen LogP) is 2.87. The highest BCUT2D eigenvalue weighted by molar-refractivity contribution is 7.89. The average molecular weight is 373 g/mol. The van der Waals surface area contributed by atoms with E-state index in [1.807, 2.05) is 30.3 Å². The summed E-state index contributed by atoms with van der Waals surface area (Å²) in [6, 6.07) is 14.0. The van der Waals surface area contributed by atoms with Gasteiger partial charge in [-0.1, -0.05) is 29.4 Å². The smallest absolute Gasteiger partial charge is 0.242 e. The Kier molecular flexibility index (Phi) is 5.06. The molecule has 3 rings (SSSR count). The molecule has 26 heavy (non-hydrogen) atoms. The van der Waals surface area contributed by atoms with Gasteiger partial charge in [0.2, 0.25) is 21.7 Å². The average Bonchev–Trinajstić information content (AvgIpc) is 3.07. The fraction of sp³-hybridized carbons (Fsp3) is 0.222. The van der Waals surface area contributed by atoms with Crippen LogP contribution in [0.15, 0.2) is 57.9 Å². The predicted molar refractivity (Wildman–Crippen MR) is 96.1 cm³/mol. The first kappa shape index (κ1) is 18.1. The zero-order valence-corrected chi connectivity index (χ0v) is 15.5. The highest BCUT2D eigenvalue weighted by Gasteiger charge is 2.17. The van der Waals surface area contributed by atoms with Crippen molar-refractivity contribution in [3.63, 3.8) is 0 Å². The van der Waals surface area contributed by atoms with Crippen molar-refractivity contribution in [1.29, 1.82) is 0 Å². The van der Waals surface area contributed by atoms with Gasteiger partial charge in [0, 0.05) is 26.6 Å². The topological polar surface area (TPSA) is 85.5 Å². The number of hydrogen-bond acceptors (Lipinski definition) is 6. The minimum atomic E-state index is -3.47. The van der Waals surface area contributed by atoms with Crippen molar-refractivity contribution < 1.29 is 17.7 Å². The lowest BCUT2D eigenvalue weighted by molar-refractivity contribution is 0.306. The second-order valence-electron chi connectivity index (χ2n) is 5.89. The summed E-state index contributed by atoms with van der Waals surface area (Å²) in [4.78, 5) is 4.43. The van der Waals surface area contributed by atoms with Gasteiger partial charge in [-0.25, -0.2) is 12.7 Å². The van der Waals surface area contributed by atoms with E-state index in [0.717, 1.165) is 11.1 Å². The highest BCUT2D eigenvalue weighted by atomic mass is 32.2. The van der Waals surface area contributed by atoms with Crippen molar-refractivity contribution in [3.8, 4) is 17.1 Å². The molecule has 0 bridgehead atoms. The lowest BCUT2D eigenvalue weighted by atomic mass is 10.2. The highest BCUT2D eigenvalue weighted by Crippen LogP contribution is 2.23. The maximum Gasteiger partial charge on any atom is 0.242 e. The fourth-order valence-electron chi connectivity index (χ4n) is 2.31. The number of ether oxygens (including phenoxy) is 1. The number of nitrogens with zero attached hydrogens (tertiary/aromatic N) is 3. The van der Waals surface area contributed by atoms with Crippen molar-refractivity contribution in [2.75, 3.05) is 14.1 Å².